The summed E-state index contributed by atoms with van der Waals surface area (Å²) < 4.78 is 24.7. The van der Waals surface area contributed by atoms with Crippen LogP contribution in [0, 0.1) is 28.6 Å². The molecule has 0 radical (unpaired) electrons. The molecule has 16 nitrogen and oxygen atoms in total. The highest BCUT2D eigenvalue weighted by Crippen LogP contribution is 2.38. The summed E-state index contributed by atoms with van der Waals surface area (Å²) in [5.74, 6) is -1.85. The van der Waals surface area contributed by atoms with Gasteiger partial charge in [0.1, 0.15) is 18.5 Å². The molecule has 72 heavy (non-hydrogen) atoms. The van der Waals surface area contributed by atoms with E-state index in [0.717, 1.165) is 25.9 Å². The summed E-state index contributed by atoms with van der Waals surface area (Å²) in [6, 6.07) is 10.9. The number of nitrogens with one attached hydrogen (secondary N) is 2. The van der Waals surface area contributed by atoms with E-state index in [4.69, 9.17) is 23.8 Å². The van der Waals surface area contributed by atoms with Crippen LogP contribution >= 0.6 is 0 Å². The predicted octanol–water partition coefficient (Wildman–Crippen LogP) is 10.6. The Labute approximate surface area is 439 Å². The van der Waals surface area contributed by atoms with Gasteiger partial charge in [0.15, 0.2) is 11.8 Å². The zero-order chi connectivity index (χ0) is 55.6. The van der Waals surface area contributed by atoms with Crippen molar-refractivity contribution in [2.75, 3.05) is 54.5 Å². The third-order valence-electron chi connectivity index (χ3n) is 13.2. The molecule has 0 saturated carbocycles. The Morgan fingerprint density at radius 2 is 1.60 bits per heavy atom. The number of nitrogens with zero attached hydrogens (tertiary/aromatic N) is 5. The minimum absolute atomic E-state index is 0.0289. The SMILES string of the molecule is CC.CC.CC.CC1=CN(CCCCc2ccccc2)NN1.CCCN(C)C1CC(C)O[C@@H](O[C@H]([C@@H](C)C(=O)C(C)C)[C@@](C)(C[C@@H](C)/C(=N\OCCN(C)C)C(C)C(O)[C@](C)(N=O)[C@@H](CC)OC=O)OC)C1. The molecule has 0 aliphatic carbocycles. The van der Waals surface area contributed by atoms with E-state index in [0.29, 0.717) is 31.7 Å². The molecule has 1 aromatic rings. The number of benzene rings is 1. The van der Waals surface area contributed by atoms with Gasteiger partial charge in [-0.05, 0) is 106 Å². The van der Waals surface area contributed by atoms with Crippen LogP contribution in [0.25, 0.3) is 0 Å². The van der Waals surface area contributed by atoms with Crippen molar-refractivity contribution in [1.29, 1.82) is 0 Å². The number of ether oxygens (including phenoxy) is 4. The monoisotopic (exact) mass is 1020 g/mol. The number of Topliss-reactive ketones (excluding diaryl/α,β-unsaturated/α-hetero) is 1. The smallest absolute Gasteiger partial charge is 0.293 e. The second kappa shape index (κ2) is 39.0. The van der Waals surface area contributed by atoms with Gasteiger partial charge in [-0.25, -0.2) is 0 Å². The van der Waals surface area contributed by atoms with Gasteiger partial charge in [-0.2, -0.15) is 0 Å². The molecular formula is C56H107N7O9. The van der Waals surface area contributed by atoms with Gasteiger partial charge in [-0.3, -0.25) is 14.6 Å². The second-order valence-electron chi connectivity index (χ2n) is 19.5. The van der Waals surface area contributed by atoms with Gasteiger partial charge < -0.3 is 44.1 Å². The van der Waals surface area contributed by atoms with Crippen LogP contribution in [0.4, 0.5) is 0 Å². The van der Waals surface area contributed by atoms with Crippen LogP contribution in [0.1, 0.15) is 168 Å². The van der Waals surface area contributed by atoms with Crippen molar-refractivity contribution >= 4 is 18.0 Å². The topological polar surface area (TPSA) is 176 Å². The first-order valence-corrected chi connectivity index (χ1v) is 27.3. The van der Waals surface area contributed by atoms with Crippen molar-refractivity contribution in [3.8, 4) is 0 Å². The molecule has 3 rings (SSSR count). The van der Waals surface area contributed by atoms with Crippen LogP contribution in [0.2, 0.25) is 0 Å². The van der Waals surface area contributed by atoms with Gasteiger partial charge in [-0.15, -0.1) is 10.4 Å². The van der Waals surface area contributed by atoms with Crippen molar-refractivity contribution in [2.45, 2.75) is 217 Å². The molecule has 16 heteroatoms. The molecule has 2 aliphatic rings. The Morgan fingerprint density at radius 1 is 0.972 bits per heavy atom. The maximum Gasteiger partial charge on any atom is 0.293 e. The van der Waals surface area contributed by atoms with Gasteiger partial charge in [-0.1, -0.05) is 131 Å². The normalized spacial score (nSPS) is 20.8. The van der Waals surface area contributed by atoms with Crippen molar-refractivity contribution in [2.24, 2.45) is 34.0 Å². The molecule has 1 saturated heterocycles. The summed E-state index contributed by atoms with van der Waals surface area (Å²) in [7, 11) is 7.58. The van der Waals surface area contributed by atoms with Crippen LogP contribution in [0.5, 0.6) is 0 Å². The summed E-state index contributed by atoms with van der Waals surface area (Å²) in [6.45, 7) is 35.9. The van der Waals surface area contributed by atoms with E-state index < -0.39 is 53.5 Å². The average Bonchev–Trinajstić information content (AvgIpc) is 3.81. The Balaban J connectivity index is 0. The number of aliphatic hydroxyl groups excluding tert-OH is 1. The molecule has 4 unspecified atom stereocenters. The number of ketones is 1. The summed E-state index contributed by atoms with van der Waals surface area (Å²) >= 11 is 0. The molecule has 1 fully saturated rings. The van der Waals surface area contributed by atoms with Gasteiger partial charge in [0.25, 0.3) is 6.47 Å². The number of carbonyl (C=O) groups is 2. The standard InChI is InChI=1S/C37H70N4O9.C13H19N3.3C2H6/c1-15-17-41(13)29-20-26(6)49-31(21-29)50-35(28(8)33(43)24(3)4)36(9,46-14)22-25(5)32(38-48-19-18-40(11)12)27(7)34(44)37(10,39-45)30(16-2)47-23-42;1-12-11-16(15-14-12)10-6-5-9-13-7-3-2-4-8-13;3*1-2/h23-31,34-35,44H,15-22H2,1-14H3;2-4,7-8,11,14-15H,5-6,9-10H2,1H3;3*1-2H3/b38-32+;;;;/t25-,26?,27?,28+,29?,30-,31+,34?,35-,36-,37-;;;;/m1..../s1. The zero-order valence-corrected chi connectivity index (χ0v) is 49.2. The molecule has 420 valence electrons. The number of hydrazine groups is 2. The van der Waals surface area contributed by atoms with Crippen LogP contribution in [0.3, 0.4) is 0 Å². The number of carbonyl (C=O) groups excluding carboxylic acids is 2. The number of likely N-dealkylation sites (N-methyl/N-ethyl adjacent to an activating group) is 1. The van der Waals surface area contributed by atoms with Gasteiger partial charge in [0.2, 0.25) is 0 Å². The van der Waals surface area contributed by atoms with Crippen molar-refractivity contribution in [3.05, 3.63) is 52.7 Å². The number of methoxy groups -OCH3 is 1. The third kappa shape index (κ3) is 24.2. The van der Waals surface area contributed by atoms with Crippen LogP contribution in [-0.4, -0.2) is 140 Å². The number of unbranched alkanes of at least 4 members (excludes halogenated alkanes) is 1. The first-order chi connectivity index (χ1) is 34.2. The number of aliphatic hydroxyl groups is 1. The van der Waals surface area contributed by atoms with Gasteiger partial charge in [0.05, 0.1) is 29.6 Å². The number of aryl methyl sites for hydroxylation is 1. The maximum atomic E-state index is 13.6. The first kappa shape index (κ1) is 70.6. The Bertz CT molecular complexity index is 1620. The van der Waals surface area contributed by atoms with Crippen LogP contribution in [-0.2, 0) is 39.8 Å². The number of allylic oxidation sites excluding steroid dienone is 1. The van der Waals surface area contributed by atoms with Crippen molar-refractivity contribution in [1.82, 2.24) is 25.8 Å². The summed E-state index contributed by atoms with van der Waals surface area (Å²) in [5.41, 5.74) is 6.55. The number of hydrogen-bond acceptors (Lipinski definition) is 16. The minimum atomic E-state index is -1.66. The van der Waals surface area contributed by atoms with E-state index in [-0.39, 0.29) is 36.7 Å². The van der Waals surface area contributed by atoms with Gasteiger partial charge in [0, 0.05) is 68.2 Å². The molecule has 0 aromatic heterocycles. The van der Waals surface area contributed by atoms with E-state index in [2.05, 4.69) is 95.6 Å². The summed E-state index contributed by atoms with van der Waals surface area (Å²) in [5, 5.41) is 21.6. The Morgan fingerprint density at radius 3 is 2.10 bits per heavy atom. The first-order valence-electron chi connectivity index (χ1n) is 27.3. The third-order valence-corrected chi connectivity index (χ3v) is 13.2. The molecule has 1 aromatic carbocycles. The summed E-state index contributed by atoms with van der Waals surface area (Å²) in [6.07, 6.45) is 5.28. The lowest BCUT2D eigenvalue weighted by atomic mass is 9.73. The predicted molar refractivity (Wildman–Crippen MR) is 296 cm³/mol. The van der Waals surface area contributed by atoms with Crippen LogP contribution in [0.15, 0.2) is 52.6 Å². The molecular weight excluding hydrogens is 915 g/mol. The molecule has 3 N–H and O–H groups in total. The van der Waals surface area contributed by atoms with Crippen molar-refractivity contribution in [3.63, 3.8) is 0 Å². The lowest BCUT2D eigenvalue weighted by Gasteiger charge is -2.45. The maximum absolute atomic E-state index is 13.6. The van der Waals surface area contributed by atoms with Crippen molar-refractivity contribution < 1.29 is 38.5 Å². The Hall–Kier alpha value is -3.51. The largest absolute Gasteiger partial charge is 0.462 e. The van der Waals surface area contributed by atoms with Gasteiger partial charge >= 0.3 is 0 Å². The van der Waals surface area contributed by atoms with E-state index in [1.54, 1.807) is 21.0 Å². The molecule has 2 aliphatic heterocycles. The Kier molecular flexibility index (Phi) is 38.2. The quantitative estimate of drug-likeness (QED) is 0.0218. The van der Waals surface area contributed by atoms with Crippen LogP contribution < -0.4 is 11.0 Å². The lowest BCUT2D eigenvalue weighted by molar-refractivity contribution is -0.262. The molecule has 0 amide bonds. The van der Waals surface area contributed by atoms with E-state index in [1.165, 1.54) is 37.4 Å². The fourth-order valence-electron chi connectivity index (χ4n) is 9.20. The minimum Gasteiger partial charge on any atom is -0.462 e. The van der Waals surface area contributed by atoms with E-state index >= 15 is 0 Å². The molecule has 2 heterocycles. The highest BCUT2D eigenvalue weighted by Gasteiger charge is 2.50. The molecule has 11 atom stereocenters. The highest BCUT2D eigenvalue weighted by molar-refractivity contribution is 5.89. The number of rotatable bonds is 30. The lowest BCUT2D eigenvalue weighted by Crippen LogP contribution is -2.55. The fourth-order valence-corrected chi connectivity index (χ4v) is 9.20. The second-order valence-corrected chi connectivity index (χ2v) is 19.5. The highest BCUT2D eigenvalue weighted by atomic mass is 16.7. The number of oxime groups is 1. The molecule has 0 spiro atoms. The zero-order valence-electron chi connectivity index (χ0n) is 49.2. The van der Waals surface area contributed by atoms with E-state index in [1.807, 2.05) is 95.2 Å². The average molecular weight is 1020 g/mol. The molecule has 0 bridgehead atoms. The fraction of sp³-hybridized carbons (Fsp3) is 0.804. The van der Waals surface area contributed by atoms with E-state index in [9.17, 15) is 19.6 Å². The summed E-state index contributed by atoms with van der Waals surface area (Å²) in [4.78, 5) is 47.3. The number of nitroso groups, excluding NO2 is 1. The number of hydrogen-bond donors (Lipinski definition) is 3.